The van der Waals surface area contributed by atoms with E-state index in [4.69, 9.17) is 5.11 Å². The lowest BCUT2D eigenvalue weighted by atomic mass is 9.63. The molecule has 0 aromatic heterocycles. The lowest BCUT2D eigenvalue weighted by Crippen LogP contribution is -2.33. The average molecular weight is 210 g/mol. The van der Waals surface area contributed by atoms with Crippen molar-refractivity contribution in [3.8, 4) is 0 Å². The molecule has 15 heavy (non-hydrogen) atoms. The van der Waals surface area contributed by atoms with Gasteiger partial charge in [0.15, 0.2) is 0 Å². The molecular weight excluding hydrogens is 188 g/mol. The normalized spacial score (nSPS) is 26.9. The maximum atomic E-state index is 10.8. The van der Waals surface area contributed by atoms with E-state index in [1.165, 1.54) is 12.0 Å². The molecule has 2 nitrogen and oxygen atoms in total. The molecule has 0 aromatic carbocycles. The van der Waals surface area contributed by atoms with Crippen LogP contribution < -0.4 is 0 Å². The number of hydrogen-bond donors (Lipinski definition) is 1. The number of carboxylic acids is 1. The molecule has 0 amide bonds. The van der Waals surface area contributed by atoms with Gasteiger partial charge >= 0.3 is 5.97 Å². The number of carbonyl (C=O) groups is 1. The first kappa shape index (κ1) is 12.3. The van der Waals surface area contributed by atoms with Gasteiger partial charge in [-0.05, 0) is 37.0 Å². The van der Waals surface area contributed by atoms with Crippen molar-refractivity contribution in [3.05, 3.63) is 11.6 Å². The Morgan fingerprint density at radius 2 is 2.27 bits per heavy atom. The van der Waals surface area contributed by atoms with Gasteiger partial charge in [-0.2, -0.15) is 0 Å². The summed E-state index contributed by atoms with van der Waals surface area (Å²) in [6, 6.07) is 0. The van der Waals surface area contributed by atoms with Crippen LogP contribution in [0.2, 0.25) is 0 Å². The van der Waals surface area contributed by atoms with Crippen LogP contribution in [0.5, 0.6) is 0 Å². The summed E-state index contributed by atoms with van der Waals surface area (Å²) < 4.78 is 0. The molecule has 0 saturated carbocycles. The van der Waals surface area contributed by atoms with E-state index in [0.29, 0.717) is 5.92 Å². The quantitative estimate of drug-likeness (QED) is 0.724. The SMILES string of the molecule is CC1=CCCC(C)(C)C1C(C)CC(=O)O. The second kappa shape index (κ2) is 4.38. The Kier molecular flexibility index (Phi) is 3.58. The minimum absolute atomic E-state index is 0.231. The molecule has 1 N–H and O–H groups in total. The fourth-order valence-corrected chi connectivity index (χ4v) is 3.18. The molecule has 0 heterocycles. The molecule has 2 heteroatoms. The number of hydrogen-bond acceptors (Lipinski definition) is 1. The second-order valence-corrected chi connectivity index (χ2v) is 5.53. The van der Waals surface area contributed by atoms with Crippen molar-refractivity contribution in [2.75, 3.05) is 0 Å². The standard InChI is InChI=1S/C13H22O2/c1-9-6-5-7-13(3,4)12(9)10(2)8-11(14)15/h6,10,12H,5,7-8H2,1-4H3,(H,14,15). The molecule has 0 aromatic rings. The van der Waals surface area contributed by atoms with Gasteiger partial charge in [-0.3, -0.25) is 4.79 Å². The number of aliphatic carboxylic acids is 1. The summed E-state index contributed by atoms with van der Waals surface area (Å²) in [6.45, 7) is 8.71. The molecule has 0 radical (unpaired) electrons. The average Bonchev–Trinajstić information content (AvgIpc) is 1.99. The van der Waals surface area contributed by atoms with E-state index in [9.17, 15) is 4.79 Å². The van der Waals surface area contributed by atoms with E-state index in [1.807, 2.05) is 0 Å². The van der Waals surface area contributed by atoms with Gasteiger partial charge in [0.1, 0.15) is 0 Å². The fourth-order valence-electron chi connectivity index (χ4n) is 3.18. The highest BCUT2D eigenvalue weighted by Crippen LogP contribution is 2.45. The molecule has 1 rings (SSSR count). The van der Waals surface area contributed by atoms with Crippen molar-refractivity contribution in [2.45, 2.75) is 47.0 Å². The van der Waals surface area contributed by atoms with E-state index in [-0.39, 0.29) is 17.8 Å². The zero-order valence-corrected chi connectivity index (χ0v) is 10.2. The summed E-state index contributed by atoms with van der Waals surface area (Å²) in [5.41, 5.74) is 1.62. The Labute approximate surface area is 92.4 Å². The van der Waals surface area contributed by atoms with Crippen molar-refractivity contribution < 1.29 is 9.90 Å². The van der Waals surface area contributed by atoms with E-state index >= 15 is 0 Å². The van der Waals surface area contributed by atoms with Crippen LogP contribution in [-0.4, -0.2) is 11.1 Å². The van der Waals surface area contributed by atoms with Gasteiger partial charge in [0.05, 0.1) is 0 Å². The van der Waals surface area contributed by atoms with Gasteiger partial charge < -0.3 is 5.11 Å². The molecule has 2 atom stereocenters. The third-order valence-electron chi connectivity index (χ3n) is 3.65. The molecule has 0 saturated heterocycles. The molecule has 1 aliphatic carbocycles. The zero-order valence-electron chi connectivity index (χ0n) is 10.2. The Morgan fingerprint density at radius 3 is 2.73 bits per heavy atom. The molecule has 1 aliphatic rings. The van der Waals surface area contributed by atoms with E-state index in [2.05, 4.69) is 33.8 Å². The Balaban J connectivity index is 2.83. The summed E-state index contributed by atoms with van der Waals surface area (Å²) in [5.74, 6) is -0.0342. The third kappa shape index (κ3) is 2.83. The Morgan fingerprint density at radius 1 is 1.67 bits per heavy atom. The van der Waals surface area contributed by atoms with Crippen molar-refractivity contribution in [1.29, 1.82) is 0 Å². The summed E-state index contributed by atoms with van der Waals surface area (Å²) in [7, 11) is 0. The highest BCUT2D eigenvalue weighted by molar-refractivity contribution is 5.67. The van der Waals surface area contributed by atoms with Gasteiger partial charge in [-0.1, -0.05) is 32.4 Å². The molecular formula is C13H22O2. The number of allylic oxidation sites excluding steroid dienone is 2. The predicted molar refractivity (Wildman–Crippen MR) is 61.7 cm³/mol. The largest absolute Gasteiger partial charge is 0.481 e. The lowest BCUT2D eigenvalue weighted by Gasteiger charge is -2.41. The van der Waals surface area contributed by atoms with Crippen LogP contribution in [-0.2, 0) is 4.79 Å². The molecule has 0 fully saturated rings. The van der Waals surface area contributed by atoms with Crippen LogP contribution in [0.4, 0.5) is 0 Å². The number of rotatable bonds is 3. The third-order valence-corrected chi connectivity index (χ3v) is 3.65. The maximum absolute atomic E-state index is 10.8. The first-order chi connectivity index (χ1) is 6.84. The van der Waals surface area contributed by atoms with Crippen molar-refractivity contribution >= 4 is 5.97 Å². The first-order valence-electron chi connectivity index (χ1n) is 5.73. The fraction of sp³-hybridized carbons (Fsp3) is 0.769. The smallest absolute Gasteiger partial charge is 0.303 e. The summed E-state index contributed by atoms with van der Waals surface area (Å²) in [4.78, 5) is 10.8. The highest BCUT2D eigenvalue weighted by atomic mass is 16.4. The van der Waals surface area contributed by atoms with Crippen molar-refractivity contribution in [2.24, 2.45) is 17.3 Å². The van der Waals surface area contributed by atoms with Gasteiger partial charge in [-0.25, -0.2) is 0 Å². The Bertz CT molecular complexity index is 276. The molecule has 0 aliphatic heterocycles. The monoisotopic (exact) mass is 210 g/mol. The van der Waals surface area contributed by atoms with Crippen LogP contribution in [0.15, 0.2) is 11.6 Å². The van der Waals surface area contributed by atoms with Crippen LogP contribution in [0.3, 0.4) is 0 Å². The van der Waals surface area contributed by atoms with Crippen LogP contribution in [0.25, 0.3) is 0 Å². The highest BCUT2D eigenvalue weighted by Gasteiger charge is 2.36. The van der Waals surface area contributed by atoms with E-state index in [0.717, 1.165) is 6.42 Å². The topological polar surface area (TPSA) is 37.3 Å². The van der Waals surface area contributed by atoms with Gasteiger partial charge in [-0.15, -0.1) is 0 Å². The number of carboxylic acid groups (broad SMARTS) is 1. The zero-order chi connectivity index (χ0) is 11.6. The predicted octanol–water partition coefficient (Wildman–Crippen LogP) is 3.48. The summed E-state index contributed by atoms with van der Waals surface area (Å²) in [5, 5.41) is 8.85. The molecule has 0 bridgehead atoms. The van der Waals surface area contributed by atoms with Crippen molar-refractivity contribution in [3.63, 3.8) is 0 Å². The molecule has 0 spiro atoms. The van der Waals surface area contributed by atoms with Gasteiger partial charge in [0.2, 0.25) is 0 Å². The minimum Gasteiger partial charge on any atom is -0.481 e. The van der Waals surface area contributed by atoms with E-state index in [1.54, 1.807) is 0 Å². The minimum atomic E-state index is -0.684. The van der Waals surface area contributed by atoms with Crippen LogP contribution in [0, 0.1) is 17.3 Å². The van der Waals surface area contributed by atoms with Crippen LogP contribution >= 0.6 is 0 Å². The first-order valence-corrected chi connectivity index (χ1v) is 5.73. The van der Waals surface area contributed by atoms with Crippen LogP contribution in [0.1, 0.15) is 47.0 Å². The summed E-state index contributed by atoms with van der Waals surface area (Å²) >= 11 is 0. The van der Waals surface area contributed by atoms with E-state index < -0.39 is 5.97 Å². The second-order valence-electron chi connectivity index (χ2n) is 5.53. The summed E-state index contributed by atoms with van der Waals surface area (Å²) in [6.07, 6.45) is 4.85. The lowest BCUT2D eigenvalue weighted by molar-refractivity contribution is -0.138. The molecule has 2 unspecified atom stereocenters. The van der Waals surface area contributed by atoms with Gasteiger partial charge in [0, 0.05) is 6.42 Å². The maximum Gasteiger partial charge on any atom is 0.303 e. The molecule has 86 valence electrons. The van der Waals surface area contributed by atoms with Crippen molar-refractivity contribution in [1.82, 2.24) is 0 Å². The Hall–Kier alpha value is -0.790. The van der Waals surface area contributed by atoms with Gasteiger partial charge in [0.25, 0.3) is 0 Å².